The molecule has 0 amide bonds. The SMILES string of the molecule is Nc1ccc2ccccc2c1NCN(c1ccccc1C(=O)O)c1cccc2c(O)cccc12. The van der Waals surface area contributed by atoms with Gasteiger partial charge in [0.15, 0.2) is 0 Å². The smallest absolute Gasteiger partial charge is 0.337 e. The summed E-state index contributed by atoms with van der Waals surface area (Å²) < 4.78 is 0. The van der Waals surface area contributed by atoms with E-state index in [1.54, 1.807) is 30.3 Å². The third-order valence-corrected chi connectivity index (χ3v) is 5.97. The Balaban J connectivity index is 1.67. The Bertz CT molecular complexity index is 1530. The second-order valence-corrected chi connectivity index (χ2v) is 7.99. The zero-order valence-corrected chi connectivity index (χ0v) is 18.3. The first-order chi connectivity index (χ1) is 16.5. The van der Waals surface area contributed by atoms with Gasteiger partial charge in [-0.25, -0.2) is 4.79 Å². The van der Waals surface area contributed by atoms with E-state index in [-0.39, 0.29) is 18.0 Å². The summed E-state index contributed by atoms with van der Waals surface area (Å²) in [5, 5.41) is 27.2. The second kappa shape index (κ2) is 8.67. The number of nitrogens with two attached hydrogens (primary N) is 1. The molecule has 0 unspecified atom stereocenters. The summed E-state index contributed by atoms with van der Waals surface area (Å²) in [4.78, 5) is 14.0. The van der Waals surface area contributed by atoms with E-state index in [1.165, 1.54) is 0 Å². The van der Waals surface area contributed by atoms with Crippen molar-refractivity contribution in [2.45, 2.75) is 0 Å². The molecule has 0 radical (unpaired) electrons. The van der Waals surface area contributed by atoms with Gasteiger partial charge in [0, 0.05) is 16.2 Å². The van der Waals surface area contributed by atoms with E-state index < -0.39 is 5.97 Å². The van der Waals surface area contributed by atoms with Gasteiger partial charge in [-0.3, -0.25) is 0 Å². The number of carboxylic acids is 1. The molecule has 6 heteroatoms. The van der Waals surface area contributed by atoms with E-state index >= 15 is 0 Å². The van der Waals surface area contributed by atoms with Crippen LogP contribution in [-0.2, 0) is 0 Å². The number of anilines is 4. The number of benzene rings is 5. The summed E-state index contributed by atoms with van der Waals surface area (Å²) >= 11 is 0. The van der Waals surface area contributed by atoms with Crippen LogP contribution in [0.3, 0.4) is 0 Å². The molecule has 6 nitrogen and oxygen atoms in total. The molecular weight excluding hydrogens is 426 g/mol. The maximum absolute atomic E-state index is 12.1. The van der Waals surface area contributed by atoms with Crippen molar-refractivity contribution in [2.75, 3.05) is 22.6 Å². The summed E-state index contributed by atoms with van der Waals surface area (Å²) in [7, 11) is 0. The van der Waals surface area contributed by atoms with E-state index in [0.717, 1.165) is 27.5 Å². The third-order valence-electron chi connectivity index (χ3n) is 5.97. The van der Waals surface area contributed by atoms with Crippen molar-refractivity contribution in [3.8, 4) is 5.75 Å². The number of nitrogen functional groups attached to an aromatic ring is 1. The van der Waals surface area contributed by atoms with E-state index in [1.807, 2.05) is 71.6 Å². The predicted octanol–water partition coefficient (Wildman–Crippen LogP) is 6.19. The fraction of sp³-hybridized carbons (Fsp3) is 0.0357. The minimum Gasteiger partial charge on any atom is -0.507 e. The van der Waals surface area contributed by atoms with Crippen molar-refractivity contribution in [1.29, 1.82) is 0 Å². The monoisotopic (exact) mass is 449 g/mol. The zero-order valence-electron chi connectivity index (χ0n) is 18.3. The van der Waals surface area contributed by atoms with Crippen LogP contribution in [0, 0.1) is 0 Å². The first-order valence-corrected chi connectivity index (χ1v) is 10.9. The predicted molar refractivity (Wildman–Crippen MR) is 138 cm³/mol. The Hall–Kier alpha value is -4.71. The molecule has 0 saturated carbocycles. The maximum Gasteiger partial charge on any atom is 0.337 e. The van der Waals surface area contributed by atoms with Gasteiger partial charge in [-0.2, -0.15) is 0 Å². The molecule has 5 aromatic carbocycles. The average molecular weight is 450 g/mol. The number of aromatic carboxylic acids is 1. The molecule has 0 atom stereocenters. The Kier molecular flexibility index (Phi) is 5.40. The van der Waals surface area contributed by atoms with E-state index in [2.05, 4.69) is 5.32 Å². The highest BCUT2D eigenvalue weighted by molar-refractivity contribution is 6.03. The number of nitrogens with one attached hydrogen (secondary N) is 1. The quantitative estimate of drug-likeness (QED) is 0.182. The topological polar surface area (TPSA) is 98.8 Å². The van der Waals surface area contributed by atoms with Crippen LogP contribution in [0.4, 0.5) is 22.7 Å². The van der Waals surface area contributed by atoms with Crippen molar-refractivity contribution in [3.05, 3.63) is 103 Å². The molecule has 0 aliphatic heterocycles. The number of phenolic OH excluding ortho intramolecular Hbond substituents is 1. The molecule has 5 N–H and O–H groups in total. The second-order valence-electron chi connectivity index (χ2n) is 7.99. The lowest BCUT2D eigenvalue weighted by atomic mass is 10.1. The third kappa shape index (κ3) is 3.71. The fourth-order valence-electron chi connectivity index (χ4n) is 4.35. The van der Waals surface area contributed by atoms with Crippen LogP contribution in [-0.4, -0.2) is 22.9 Å². The molecule has 168 valence electrons. The molecule has 0 saturated heterocycles. The standard InChI is InChI=1S/C28H23N3O3/c29-23-16-15-18-7-1-2-8-19(18)27(23)30-17-31(25-12-4-3-9-22(25)28(33)34)24-13-5-11-21-20(24)10-6-14-26(21)32/h1-16,30,32H,17,29H2,(H,33,34). The molecule has 0 spiro atoms. The van der Waals surface area contributed by atoms with Crippen LogP contribution >= 0.6 is 0 Å². The number of rotatable bonds is 6. The van der Waals surface area contributed by atoms with Crippen molar-refractivity contribution in [2.24, 2.45) is 0 Å². The van der Waals surface area contributed by atoms with E-state index in [9.17, 15) is 15.0 Å². The molecule has 5 aromatic rings. The molecule has 5 rings (SSSR count). The van der Waals surface area contributed by atoms with Gasteiger partial charge in [0.25, 0.3) is 0 Å². The highest BCUT2D eigenvalue weighted by Gasteiger charge is 2.20. The molecule has 0 aromatic heterocycles. The van der Waals surface area contributed by atoms with Crippen molar-refractivity contribution < 1.29 is 15.0 Å². The molecule has 0 heterocycles. The zero-order chi connectivity index (χ0) is 23.7. The molecular formula is C28H23N3O3. The first-order valence-electron chi connectivity index (χ1n) is 10.9. The summed E-state index contributed by atoms with van der Waals surface area (Å²) in [6, 6.07) is 29.6. The minimum absolute atomic E-state index is 0.164. The Morgan fingerprint density at radius 2 is 1.44 bits per heavy atom. The normalized spacial score (nSPS) is 10.9. The van der Waals surface area contributed by atoms with Crippen molar-refractivity contribution in [1.82, 2.24) is 0 Å². The van der Waals surface area contributed by atoms with Crippen molar-refractivity contribution in [3.63, 3.8) is 0 Å². The number of carboxylic acid groups (broad SMARTS) is 1. The van der Waals surface area contributed by atoms with Gasteiger partial charge in [0.05, 0.1) is 35.0 Å². The number of nitrogens with zero attached hydrogens (tertiary/aromatic N) is 1. The van der Waals surface area contributed by atoms with E-state index in [4.69, 9.17) is 5.73 Å². The van der Waals surface area contributed by atoms with Gasteiger partial charge in [-0.15, -0.1) is 0 Å². The Morgan fingerprint density at radius 1 is 0.765 bits per heavy atom. The van der Waals surface area contributed by atoms with Crippen LogP contribution in [0.5, 0.6) is 5.75 Å². The first kappa shape index (κ1) is 21.2. The number of para-hydroxylation sites is 1. The largest absolute Gasteiger partial charge is 0.507 e. The van der Waals surface area contributed by atoms with Crippen LogP contribution in [0.15, 0.2) is 97.1 Å². The molecule has 0 fully saturated rings. The lowest BCUT2D eigenvalue weighted by Crippen LogP contribution is -2.27. The Morgan fingerprint density at radius 3 is 2.29 bits per heavy atom. The molecule has 0 aliphatic carbocycles. The summed E-state index contributed by atoms with van der Waals surface area (Å²) in [6.07, 6.45) is 0. The molecule has 34 heavy (non-hydrogen) atoms. The number of aromatic hydroxyl groups is 1. The number of hydrogen-bond acceptors (Lipinski definition) is 5. The van der Waals surface area contributed by atoms with Gasteiger partial charge in [-0.05, 0) is 35.7 Å². The molecule has 0 aliphatic rings. The maximum atomic E-state index is 12.1. The van der Waals surface area contributed by atoms with Gasteiger partial charge >= 0.3 is 5.97 Å². The van der Waals surface area contributed by atoms with Crippen LogP contribution in [0.1, 0.15) is 10.4 Å². The number of carbonyl (C=O) groups is 1. The van der Waals surface area contributed by atoms with E-state index in [0.29, 0.717) is 16.8 Å². The summed E-state index contributed by atoms with van der Waals surface area (Å²) in [5.74, 6) is -0.856. The lowest BCUT2D eigenvalue weighted by Gasteiger charge is -2.29. The average Bonchev–Trinajstić information content (AvgIpc) is 2.86. The fourth-order valence-corrected chi connectivity index (χ4v) is 4.35. The number of hydrogen-bond donors (Lipinski definition) is 4. The highest BCUT2D eigenvalue weighted by atomic mass is 16.4. The van der Waals surface area contributed by atoms with Gasteiger partial charge in [-0.1, -0.05) is 66.7 Å². The number of phenols is 1. The van der Waals surface area contributed by atoms with Crippen LogP contribution < -0.4 is 16.0 Å². The lowest BCUT2D eigenvalue weighted by molar-refractivity contribution is 0.0697. The van der Waals surface area contributed by atoms with Crippen LogP contribution in [0.25, 0.3) is 21.5 Å². The van der Waals surface area contributed by atoms with Gasteiger partial charge in [0.1, 0.15) is 5.75 Å². The number of fused-ring (bicyclic) bond motifs is 2. The summed E-state index contributed by atoms with van der Waals surface area (Å²) in [6.45, 7) is 0.247. The minimum atomic E-state index is -1.02. The highest BCUT2D eigenvalue weighted by Crippen LogP contribution is 2.37. The van der Waals surface area contributed by atoms with Gasteiger partial charge in [0.2, 0.25) is 0 Å². The van der Waals surface area contributed by atoms with Crippen LogP contribution in [0.2, 0.25) is 0 Å². The Labute approximate surface area is 196 Å². The summed E-state index contributed by atoms with van der Waals surface area (Å²) in [5.41, 5.74) is 9.16. The molecule has 0 bridgehead atoms. The van der Waals surface area contributed by atoms with Crippen molar-refractivity contribution >= 4 is 50.3 Å². The van der Waals surface area contributed by atoms with Gasteiger partial charge < -0.3 is 26.2 Å².